The Morgan fingerprint density at radius 1 is 1.28 bits per heavy atom. The number of thioether (sulfide) groups is 1. The quantitative estimate of drug-likeness (QED) is 0.532. The molecule has 152 valence electrons. The lowest BCUT2D eigenvalue weighted by Gasteiger charge is -2.16. The molecule has 0 radical (unpaired) electrons. The second-order valence-corrected chi connectivity index (χ2v) is 8.11. The van der Waals surface area contributed by atoms with Crippen LogP contribution in [-0.4, -0.2) is 37.3 Å². The standard InChI is InChI=1S/C19H22N6O2S2/c1-4-25-16(13(3)21-17(27)14-8-6-5-7-12(14)2)23-24-19(25)29-11-15(26)22-18-20-9-10-28-18/h5-10,13H,4,11H2,1-3H3,(H,21,27)(H,20,22,26). The number of anilines is 1. The van der Waals surface area contributed by atoms with Crippen molar-refractivity contribution in [2.24, 2.45) is 0 Å². The Balaban J connectivity index is 1.64. The van der Waals surface area contributed by atoms with Gasteiger partial charge in [-0.25, -0.2) is 4.98 Å². The molecular weight excluding hydrogens is 408 g/mol. The second-order valence-electron chi connectivity index (χ2n) is 6.27. The van der Waals surface area contributed by atoms with Crippen LogP contribution in [-0.2, 0) is 11.3 Å². The molecule has 0 aliphatic rings. The lowest BCUT2D eigenvalue weighted by molar-refractivity contribution is -0.113. The lowest BCUT2D eigenvalue weighted by atomic mass is 10.1. The van der Waals surface area contributed by atoms with E-state index in [1.54, 1.807) is 17.6 Å². The van der Waals surface area contributed by atoms with Gasteiger partial charge in [-0.1, -0.05) is 30.0 Å². The van der Waals surface area contributed by atoms with Gasteiger partial charge in [0.05, 0.1) is 11.8 Å². The minimum absolute atomic E-state index is 0.154. The van der Waals surface area contributed by atoms with Crippen molar-refractivity contribution in [3.8, 4) is 0 Å². The van der Waals surface area contributed by atoms with Crippen LogP contribution in [0.25, 0.3) is 0 Å². The van der Waals surface area contributed by atoms with Crippen molar-refractivity contribution in [3.63, 3.8) is 0 Å². The van der Waals surface area contributed by atoms with Crippen molar-refractivity contribution >= 4 is 40.0 Å². The van der Waals surface area contributed by atoms with Crippen molar-refractivity contribution < 1.29 is 9.59 Å². The zero-order valence-corrected chi connectivity index (χ0v) is 18.0. The molecule has 2 amide bonds. The Morgan fingerprint density at radius 2 is 2.07 bits per heavy atom. The summed E-state index contributed by atoms with van der Waals surface area (Å²) in [5, 5.41) is 17.2. The number of rotatable bonds is 8. The highest BCUT2D eigenvalue weighted by atomic mass is 32.2. The van der Waals surface area contributed by atoms with Gasteiger partial charge in [0.25, 0.3) is 5.91 Å². The van der Waals surface area contributed by atoms with Gasteiger partial charge in [-0.15, -0.1) is 21.5 Å². The Bertz CT molecular complexity index is 987. The number of hydrogen-bond acceptors (Lipinski definition) is 7. The molecule has 3 aromatic rings. The van der Waals surface area contributed by atoms with Crippen LogP contribution in [0.4, 0.5) is 5.13 Å². The second kappa shape index (κ2) is 9.66. The molecule has 2 aromatic heterocycles. The minimum atomic E-state index is -0.326. The maximum absolute atomic E-state index is 12.6. The highest BCUT2D eigenvalue weighted by Crippen LogP contribution is 2.21. The zero-order valence-electron chi connectivity index (χ0n) is 16.4. The summed E-state index contributed by atoms with van der Waals surface area (Å²) in [6, 6.07) is 7.11. The van der Waals surface area contributed by atoms with E-state index >= 15 is 0 Å². The zero-order chi connectivity index (χ0) is 20.8. The fourth-order valence-electron chi connectivity index (χ4n) is 2.76. The lowest BCUT2D eigenvalue weighted by Crippen LogP contribution is -2.29. The summed E-state index contributed by atoms with van der Waals surface area (Å²) in [7, 11) is 0. The van der Waals surface area contributed by atoms with Crippen LogP contribution in [0.15, 0.2) is 41.0 Å². The Labute approximate surface area is 177 Å². The molecule has 1 aromatic carbocycles. The van der Waals surface area contributed by atoms with Gasteiger partial charge in [0, 0.05) is 23.7 Å². The molecule has 0 bridgehead atoms. The molecule has 2 heterocycles. The molecule has 3 rings (SSSR count). The number of carbonyl (C=O) groups is 2. The summed E-state index contributed by atoms with van der Waals surface area (Å²) in [4.78, 5) is 28.7. The first-order valence-corrected chi connectivity index (χ1v) is 11.0. The third-order valence-electron chi connectivity index (χ3n) is 4.20. The number of nitrogens with one attached hydrogen (secondary N) is 2. The number of thiazole rings is 1. The highest BCUT2D eigenvalue weighted by molar-refractivity contribution is 7.99. The van der Waals surface area contributed by atoms with E-state index in [2.05, 4.69) is 25.8 Å². The number of aromatic nitrogens is 4. The van der Waals surface area contributed by atoms with Crippen LogP contribution in [0, 0.1) is 6.92 Å². The normalized spacial score (nSPS) is 11.8. The average molecular weight is 431 g/mol. The largest absolute Gasteiger partial charge is 0.342 e. The van der Waals surface area contributed by atoms with Gasteiger partial charge in [0.2, 0.25) is 5.91 Å². The smallest absolute Gasteiger partial charge is 0.252 e. The molecule has 1 atom stereocenters. The number of amides is 2. The van der Waals surface area contributed by atoms with Crippen LogP contribution in [0.5, 0.6) is 0 Å². The Kier molecular flexibility index (Phi) is 6.99. The molecule has 0 spiro atoms. The van der Waals surface area contributed by atoms with Gasteiger partial charge in [0.1, 0.15) is 0 Å². The van der Waals surface area contributed by atoms with Crippen molar-refractivity contribution in [3.05, 3.63) is 52.8 Å². The van der Waals surface area contributed by atoms with E-state index in [0.29, 0.717) is 28.2 Å². The molecule has 10 heteroatoms. The third kappa shape index (κ3) is 5.21. The van der Waals surface area contributed by atoms with E-state index in [9.17, 15) is 9.59 Å². The summed E-state index contributed by atoms with van der Waals surface area (Å²) < 4.78 is 1.91. The van der Waals surface area contributed by atoms with Gasteiger partial charge >= 0.3 is 0 Å². The van der Waals surface area contributed by atoms with Crippen LogP contribution < -0.4 is 10.6 Å². The molecule has 0 aliphatic heterocycles. The fourth-order valence-corrected chi connectivity index (χ4v) is 4.12. The van der Waals surface area contributed by atoms with Gasteiger partial charge in [-0.2, -0.15) is 0 Å². The number of carbonyl (C=O) groups excluding carboxylic acids is 2. The molecule has 0 saturated carbocycles. The average Bonchev–Trinajstić information content (AvgIpc) is 3.35. The number of aryl methyl sites for hydroxylation is 1. The van der Waals surface area contributed by atoms with Crippen molar-refractivity contribution in [1.82, 2.24) is 25.1 Å². The number of nitrogens with zero attached hydrogens (tertiary/aromatic N) is 4. The van der Waals surface area contributed by atoms with Gasteiger partial charge in [-0.3, -0.25) is 9.59 Å². The van der Waals surface area contributed by atoms with Crippen molar-refractivity contribution in [1.29, 1.82) is 0 Å². The SMILES string of the molecule is CCn1c(SCC(=O)Nc2nccs2)nnc1C(C)NC(=O)c1ccccc1C. The molecule has 0 saturated heterocycles. The minimum Gasteiger partial charge on any atom is -0.342 e. The summed E-state index contributed by atoms with van der Waals surface area (Å²) >= 11 is 2.67. The summed E-state index contributed by atoms with van der Waals surface area (Å²) in [5.41, 5.74) is 1.55. The molecule has 2 N–H and O–H groups in total. The number of benzene rings is 1. The Morgan fingerprint density at radius 3 is 2.76 bits per heavy atom. The topological polar surface area (TPSA) is 102 Å². The van der Waals surface area contributed by atoms with Crippen LogP contribution >= 0.6 is 23.1 Å². The fraction of sp³-hybridized carbons (Fsp3) is 0.316. The molecule has 0 fully saturated rings. The van der Waals surface area contributed by atoms with Crippen molar-refractivity contribution in [2.75, 3.05) is 11.1 Å². The van der Waals surface area contributed by atoms with Gasteiger partial charge in [0.15, 0.2) is 16.1 Å². The molecule has 0 aliphatic carbocycles. The molecule has 8 nitrogen and oxygen atoms in total. The van der Waals surface area contributed by atoms with E-state index in [1.807, 2.05) is 43.5 Å². The van der Waals surface area contributed by atoms with E-state index < -0.39 is 0 Å². The van der Waals surface area contributed by atoms with E-state index in [1.165, 1.54) is 23.1 Å². The predicted octanol–water partition coefficient (Wildman–Crippen LogP) is 3.28. The molecular formula is C19H22N6O2S2. The highest BCUT2D eigenvalue weighted by Gasteiger charge is 2.20. The van der Waals surface area contributed by atoms with E-state index in [4.69, 9.17) is 0 Å². The first kappa shape index (κ1) is 21.0. The summed E-state index contributed by atoms with van der Waals surface area (Å²) in [6.07, 6.45) is 1.64. The monoisotopic (exact) mass is 430 g/mol. The molecule has 1 unspecified atom stereocenters. The maximum Gasteiger partial charge on any atom is 0.252 e. The van der Waals surface area contributed by atoms with Crippen LogP contribution in [0.3, 0.4) is 0 Å². The van der Waals surface area contributed by atoms with Crippen LogP contribution in [0.2, 0.25) is 0 Å². The van der Waals surface area contributed by atoms with E-state index in [0.717, 1.165) is 5.56 Å². The number of hydrogen-bond donors (Lipinski definition) is 2. The summed E-state index contributed by atoms with van der Waals surface area (Å²) in [5.74, 6) is 0.537. The maximum atomic E-state index is 12.6. The van der Waals surface area contributed by atoms with Gasteiger partial charge < -0.3 is 15.2 Å². The Hall–Kier alpha value is -2.72. The van der Waals surface area contributed by atoms with E-state index in [-0.39, 0.29) is 23.6 Å². The third-order valence-corrected chi connectivity index (χ3v) is 5.85. The van der Waals surface area contributed by atoms with Crippen LogP contribution in [0.1, 0.15) is 41.6 Å². The predicted molar refractivity (Wildman–Crippen MR) is 114 cm³/mol. The first-order valence-electron chi connectivity index (χ1n) is 9.11. The van der Waals surface area contributed by atoms with Gasteiger partial charge in [-0.05, 0) is 32.4 Å². The molecule has 29 heavy (non-hydrogen) atoms. The first-order chi connectivity index (χ1) is 14.0. The summed E-state index contributed by atoms with van der Waals surface area (Å²) in [6.45, 7) is 6.38. The van der Waals surface area contributed by atoms with Crippen molar-refractivity contribution in [2.45, 2.75) is 38.5 Å².